The molecule has 122 valence electrons. The maximum absolute atomic E-state index is 12.0. The molecule has 0 aromatic heterocycles. The van der Waals surface area contributed by atoms with Crippen LogP contribution in [0.3, 0.4) is 0 Å². The molecule has 0 spiro atoms. The molecule has 0 aliphatic carbocycles. The summed E-state index contributed by atoms with van der Waals surface area (Å²) in [6.07, 6.45) is 0.871. The van der Waals surface area contributed by atoms with Gasteiger partial charge in [0.2, 0.25) is 0 Å². The van der Waals surface area contributed by atoms with Crippen molar-refractivity contribution in [3.8, 4) is 5.75 Å². The number of benzene rings is 2. The highest BCUT2D eigenvalue weighted by Crippen LogP contribution is 2.24. The molecule has 0 radical (unpaired) electrons. The number of hydrogen-bond acceptors (Lipinski definition) is 3. The molecule has 23 heavy (non-hydrogen) atoms. The summed E-state index contributed by atoms with van der Waals surface area (Å²) in [5, 5.41) is 14.2. The smallest absolute Gasteiger partial charge is 0.317 e. The predicted octanol–water partition coefficient (Wildman–Crippen LogP) is 2.24. The molecule has 2 aromatic rings. The van der Waals surface area contributed by atoms with E-state index in [0.29, 0.717) is 26.2 Å². The van der Waals surface area contributed by atoms with E-state index in [1.165, 1.54) is 0 Å². The standard InChI is InChI=1S/C18H22N2O3/c21-13-14-8-10-20(12-14)18(22)19-9-11-23-17-7-3-5-15-4-1-2-6-16(15)17/h1-7,14,21H,8-13H2,(H,19,22). The Hall–Kier alpha value is -2.27. The topological polar surface area (TPSA) is 61.8 Å². The molecule has 1 aliphatic rings. The lowest BCUT2D eigenvalue weighted by Crippen LogP contribution is -2.40. The van der Waals surface area contributed by atoms with E-state index in [1.807, 2.05) is 30.3 Å². The largest absolute Gasteiger partial charge is 0.491 e. The van der Waals surface area contributed by atoms with E-state index in [2.05, 4.69) is 17.4 Å². The van der Waals surface area contributed by atoms with Crippen LogP contribution in [0.4, 0.5) is 4.79 Å². The fraction of sp³-hybridized carbons (Fsp3) is 0.389. The lowest BCUT2D eigenvalue weighted by atomic mass is 10.1. The summed E-state index contributed by atoms with van der Waals surface area (Å²) in [6, 6.07) is 13.9. The molecule has 1 atom stereocenters. The molecule has 1 heterocycles. The second-order valence-corrected chi connectivity index (χ2v) is 5.84. The van der Waals surface area contributed by atoms with Crippen LogP contribution in [0.5, 0.6) is 5.75 Å². The number of likely N-dealkylation sites (tertiary alicyclic amines) is 1. The van der Waals surface area contributed by atoms with Crippen LogP contribution in [0.15, 0.2) is 42.5 Å². The zero-order chi connectivity index (χ0) is 16.1. The van der Waals surface area contributed by atoms with Crippen LogP contribution in [0.2, 0.25) is 0 Å². The lowest BCUT2D eigenvalue weighted by molar-refractivity contribution is 0.196. The van der Waals surface area contributed by atoms with Crippen molar-refractivity contribution in [3.63, 3.8) is 0 Å². The van der Waals surface area contributed by atoms with E-state index in [-0.39, 0.29) is 18.6 Å². The molecule has 1 saturated heterocycles. The maximum atomic E-state index is 12.0. The molecular weight excluding hydrogens is 292 g/mol. The molecule has 2 N–H and O–H groups in total. The van der Waals surface area contributed by atoms with Crippen LogP contribution in [-0.2, 0) is 0 Å². The highest BCUT2D eigenvalue weighted by Gasteiger charge is 2.25. The van der Waals surface area contributed by atoms with E-state index in [9.17, 15) is 4.79 Å². The Labute approximate surface area is 135 Å². The minimum absolute atomic E-state index is 0.0810. The molecule has 3 rings (SSSR count). The Balaban J connectivity index is 1.47. The molecule has 0 saturated carbocycles. The molecule has 0 bridgehead atoms. The van der Waals surface area contributed by atoms with Crippen molar-refractivity contribution in [3.05, 3.63) is 42.5 Å². The average Bonchev–Trinajstić information content (AvgIpc) is 3.08. The molecule has 2 aromatic carbocycles. The number of nitrogens with zero attached hydrogens (tertiary/aromatic N) is 1. The normalized spacial score (nSPS) is 17.4. The first-order valence-electron chi connectivity index (χ1n) is 8.02. The Morgan fingerprint density at radius 3 is 2.91 bits per heavy atom. The summed E-state index contributed by atoms with van der Waals surface area (Å²) in [7, 11) is 0. The van der Waals surface area contributed by atoms with Gasteiger partial charge in [-0.2, -0.15) is 0 Å². The fourth-order valence-corrected chi connectivity index (χ4v) is 2.92. The zero-order valence-electron chi connectivity index (χ0n) is 13.1. The molecule has 1 unspecified atom stereocenters. The predicted molar refractivity (Wildman–Crippen MR) is 89.6 cm³/mol. The summed E-state index contributed by atoms with van der Waals surface area (Å²) in [5.41, 5.74) is 0. The highest BCUT2D eigenvalue weighted by molar-refractivity contribution is 5.88. The number of ether oxygens (including phenoxy) is 1. The first-order chi connectivity index (χ1) is 11.3. The first-order valence-corrected chi connectivity index (χ1v) is 8.02. The van der Waals surface area contributed by atoms with Crippen LogP contribution < -0.4 is 10.1 Å². The van der Waals surface area contributed by atoms with Crippen molar-refractivity contribution < 1.29 is 14.6 Å². The second-order valence-electron chi connectivity index (χ2n) is 5.84. The number of nitrogens with one attached hydrogen (secondary N) is 1. The van der Waals surface area contributed by atoms with Gasteiger partial charge in [0.25, 0.3) is 0 Å². The number of amides is 2. The molecular formula is C18H22N2O3. The van der Waals surface area contributed by atoms with Gasteiger partial charge in [0.05, 0.1) is 6.54 Å². The van der Waals surface area contributed by atoms with E-state index in [4.69, 9.17) is 9.84 Å². The van der Waals surface area contributed by atoms with E-state index in [0.717, 1.165) is 22.9 Å². The Kier molecular flexibility index (Phi) is 4.98. The van der Waals surface area contributed by atoms with Crippen molar-refractivity contribution in [2.24, 2.45) is 5.92 Å². The summed E-state index contributed by atoms with van der Waals surface area (Å²) in [6.45, 7) is 2.38. The van der Waals surface area contributed by atoms with Crippen molar-refractivity contribution in [2.45, 2.75) is 6.42 Å². The lowest BCUT2D eigenvalue weighted by Gasteiger charge is -2.17. The Bertz CT molecular complexity index is 669. The third-order valence-electron chi connectivity index (χ3n) is 4.22. The SMILES string of the molecule is O=C(NCCOc1cccc2ccccc12)N1CCC(CO)C1. The van der Waals surface area contributed by atoms with Gasteiger partial charge in [-0.25, -0.2) is 4.79 Å². The molecule has 2 amide bonds. The van der Waals surface area contributed by atoms with Crippen molar-refractivity contribution in [1.29, 1.82) is 0 Å². The Morgan fingerprint density at radius 2 is 2.09 bits per heavy atom. The average molecular weight is 314 g/mol. The third kappa shape index (κ3) is 3.74. The summed E-state index contributed by atoms with van der Waals surface area (Å²) < 4.78 is 5.80. The van der Waals surface area contributed by atoms with Crippen molar-refractivity contribution >= 4 is 16.8 Å². The number of aliphatic hydroxyl groups excluding tert-OH is 1. The van der Waals surface area contributed by atoms with E-state index < -0.39 is 0 Å². The number of carbonyl (C=O) groups is 1. The molecule has 1 aliphatic heterocycles. The quantitative estimate of drug-likeness (QED) is 0.832. The van der Waals surface area contributed by atoms with Gasteiger partial charge in [0, 0.05) is 31.0 Å². The molecule has 1 fully saturated rings. The van der Waals surface area contributed by atoms with Crippen LogP contribution in [0.25, 0.3) is 10.8 Å². The van der Waals surface area contributed by atoms with Crippen molar-refractivity contribution in [1.82, 2.24) is 10.2 Å². The van der Waals surface area contributed by atoms with Gasteiger partial charge in [-0.15, -0.1) is 0 Å². The van der Waals surface area contributed by atoms with Gasteiger partial charge in [-0.3, -0.25) is 0 Å². The minimum Gasteiger partial charge on any atom is -0.491 e. The highest BCUT2D eigenvalue weighted by atomic mass is 16.5. The molecule has 5 heteroatoms. The summed E-state index contributed by atoms with van der Waals surface area (Å²) >= 11 is 0. The van der Waals surface area contributed by atoms with Gasteiger partial charge < -0.3 is 20.1 Å². The van der Waals surface area contributed by atoms with Crippen molar-refractivity contribution in [2.75, 3.05) is 32.8 Å². The van der Waals surface area contributed by atoms with Crippen LogP contribution >= 0.6 is 0 Å². The summed E-state index contributed by atoms with van der Waals surface area (Å²) in [5.74, 6) is 1.05. The van der Waals surface area contributed by atoms with Crippen LogP contribution in [0.1, 0.15) is 6.42 Å². The first kappa shape index (κ1) is 15.6. The zero-order valence-corrected chi connectivity index (χ0v) is 13.1. The van der Waals surface area contributed by atoms with Gasteiger partial charge in [-0.05, 0) is 17.9 Å². The monoisotopic (exact) mass is 314 g/mol. The summed E-state index contributed by atoms with van der Waals surface area (Å²) in [4.78, 5) is 13.8. The van der Waals surface area contributed by atoms with Crippen LogP contribution in [0, 0.1) is 5.92 Å². The number of rotatable bonds is 5. The number of carbonyl (C=O) groups excluding carboxylic acids is 1. The van der Waals surface area contributed by atoms with Gasteiger partial charge in [0.1, 0.15) is 12.4 Å². The van der Waals surface area contributed by atoms with Gasteiger partial charge in [0.15, 0.2) is 0 Å². The maximum Gasteiger partial charge on any atom is 0.317 e. The van der Waals surface area contributed by atoms with E-state index >= 15 is 0 Å². The second kappa shape index (κ2) is 7.33. The fourth-order valence-electron chi connectivity index (χ4n) is 2.92. The minimum atomic E-state index is -0.0810. The Morgan fingerprint density at radius 1 is 1.26 bits per heavy atom. The van der Waals surface area contributed by atoms with Gasteiger partial charge >= 0.3 is 6.03 Å². The number of aliphatic hydroxyl groups is 1. The van der Waals surface area contributed by atoms with Crippen LogP contribution in [-0.4, -0.2) is 48.9 Å². The number of hydrogen-bond donors (Lipinski definition) is 2. The number of fused-ring (bicyclic) bond motifs is 1. The number of urea groups is 1. The third-order valence-corrected chi connectivity index (χ3v) is 4.22. The molecule has 5 nitrogen and oxygen atoms in total. The van der Waals surface area contributed by atoms with E-state index in [1.54, 1.807) is 4.90 Å². The van der Waals surface area contributed by atoms with Gasteiger partial charge in [-0.1, -0.05) is 36.4 Å².